The van der Waals surface area contributed by atoms with Gasteiger partial charge in [0.25, 0.3) is 0 Å². The maximum absolute atomic E-state index is 12.2. The average molecular weight is 280 g/mol. The van der Waals surface area contributed by atoms with E-state index in [1.807, 2.05) is 49.4 Å². The highest BCUT2D eigenvalue weighted by Crippen LogP contribution is 2.19. The molecule has 1 heterocycles. The Labute approximate surface area is 122 Å². The number of rotatable bonds is 4. The molecule has 3 aromatic rings. The van der Waals surface area contributed by atoms with E-state index in [0.717, 1.165) is 16.3 Å². The maximum atomic E-state index is 12.2. The predicted molar refractivity (Wildman–Crippen MR) is 80.6 cm³/mol. The number of benzene rings is 2. The van der Waals surface area contributed by atoms with E-state index in [2.05, 4.69) is 20.5 Å². The quantitative estimate of drug-likeness (QED) is 0.770. The molecule has 106 valence electrons. The number of hydrogen-bond donors (Lipinski definition) is 2. The summed E-state index contributed by atoms with van der Waals surface area (Å²) in [4.78, 5) is 16.2. The summed E-state index contributed by atoms with van der Waals surface area (Å²) >= 11 is 0. The van der Waals surface area contributed by atoms with Gasteiger partial charge in [-0.05, 0) is 23.3 Å². The maximum Gasteiger partial charge on any atom is 0.225 e. The molecule has 21 heavy (non-hydrogen) atoms. The van der Waals surface area contributed by atoms with Crippen molar-refractivity contribution in [3.63, 3.8) is 0 Å². The van der Waals surface area contributed by atoms with Gasteiger partial charge < -0.3 is 5.32 Å². The Kier molecular flexibility index (Phi) is 3.64. The van der Waals surface area contributed by atoms with E-state index in [4.69, 9.17) is 0 Å². The Morgan fingerprint density at radius 2 is 2.05 bits per heavy atom. The van der Waals surface area contributed by atoms with Crippen LogP contribution >= 0.6 is 0 Å². The number of fused-ring (bicyclic) bond motifs is 1. The lowest BCUT2D eigenvalue weighted by Gasteiger charge is -2.12. The van der Waals surface area contributed by atoms with Crippen LogP contribution in [0.25, 0.3) is 10.8 Å². The van der Waals surface area contributed by atoms with Crippen molar-refractivity contribution < 1.29 is 4.79 Å². The van der Waals surface area contributed by atoms with Gasteiger partial charge in [0.1, 0.15) is 12.2 Å². The van der Waals surface area contributed by atoms with Crippen molar-refractivity contribution in [3.05, 3.63) is 60.2 Å². The van der Waals surface area contributed by atoms with Crippen molar-refractivity contribution in [2.45, 2.75) is 19.4 Å². The molecule has 0 spiro atoms. The van der Waals surface area contributed by atoms with E-state index in [1.54, 1.807) is 0 Å². The van der Waals surface area contributed by atoms with Gasteiger partial charge in [-0.15, -0.1) is 0 Å². The van der Waals surface area contributed by atoms with E-state index in [1.165, 1.54) is 6.33 Å². The molecule has 0 radical (unpaired) electrons. The van der Waals surface area contributed by atoms with Crippen LogP contribution in [0.3, 0.4) is 0 Å². The lowest BCUT2D eigenvalue weighted by atomic mass is 10.0. The highest BCUT2D eigenvalue weighted by atomic mass is 16.1. The van der Waals surface area contributed by atoms with Crippen LogP contribution in [0.1, 0.15) is 24.4 Å². The van der Waals surface area contributed by atoms with E-state index >= 15 is 0 Å². The molecular formula is C16H16N4O. The largest absolute Gasteiger partial charge is 0.346 e. The lowest BCUT2D eigenvalue weighted by molar-refractivity contribution is -0.121. The van der Waals surface area contributed by atoms with E-state index in [9.17, 15) is 4.79 Å². The number of amides is 1. The molecule has 2 N–H and O–H groups in total. The molecule has 0 saturated heterocycles. The van der Waals surface area contributed by atoms with E-state index in [0.29, 0.717) is 12.2 Å². The zero-order chi connectivity index (χ0) is 14.7. The van der Waals surface area contributed by atoms with Gasteiger partial charge in [-0.3, -0.25) is 9.89 Å². The second-order valence-electron chi connectivity index (χ2n) is 4.97. The number of hydrogen-bond acceptors (Lipinski definition) is 3. The molecule has 0 fully saturated rings. The van der Waals surface area contributed by atoms with Crippen molar-refractivity contribution in [1.82, 2.24) is 20.5 Å². The van der Waals surface area contributed by atoms with Crippen molar-refractivity contribution in [1.29, 1.82) is 0 Å². The average Bonchev–Trinajstić information content (AvgIpc) is 3.02. The SMILES string of the molecule is CC(NC(=O)Cc1cccc2ccccc12)c1ncn[nH]1. The van der Waals surface area contributed by atoms with Crippen LogP contribution in [0.5, 0.6) is 0 Å². The first-order chi connectivity index (χ1) is 10.2. The Bertz CT molecular complexity index is 747. The summed E-state index contributed by atoms with van der Waals surface area (Å²) in [5.41, 5.74) is 1.02. The molecule has 1 aromatic heterocycles. The highest BCUT2D eigenvalue weighted by molar-refractivity contribution is 5.90. The molecule has 0 bridgehead atoms. The summed E-state index contributed by atoms with van der Waals surface area (Å²) in [6, 6.07) is 13.9. The number of aromatic nitrogens is 3. The molecule has 0 saturated carbocycles. The van der Waals surface area contributed by atoms with Gasteiger partial charge in [0, 0.05) is 0 Å². The number of aromatic amines is 1. The molecule has 1 atom stereocenters. The van der Waals surface area contributed by atoms with Crippen LogP contribution in [-0.4, -0.2) is 21.1 Å². The fourth-order valence-electron chi connectivity index (χ4n) is 2.40. The molecule has 5 nitrogen and oxygen atoms in total. The molecule has 2 aromatic carbocycles. The van der Waals surface area contributed by atoms with Crippen LogP contribution < -0.4 is 5.32 Å². The standard InChI is InChI=1S/C16H16N4O/c1-11(16-17-10-18-20-16)19-15(21)9-13-7-4-6-12-5-2-3-8-14(12)13/h2-8,10-11H,9H2,1H3,(H,19,21)(H,17,18,20). The second-order valence-corrected chi connectivity index (χ2v) is 4.97. The fraction of sp³-hybridized carbons (Fsp3) is 0.188. The highest BCUT2D eigenvalue weighted by Gasteiger charge is 2.13. The predicted octanol–water partition coefficient (Wildman–Crippen LogP) is 2.38. The number of carbonyl (C=O) groups is 1. The number of carbonyl (C=O) groups excluding carboxylic acids is 1. The minimum Gasteiger partial charge on any atom is -0.346 e. The minimum atomic E-state index is -0.185. The third kappa shape index (κ3) is 2.91. The summed E-state index contributed by atoms with van der Waals surface area (Å²) in [7, 11) is 0. The van der Waals surface area contributed by atoms with Crippen molar-refractivity contribution >= 4 is 16.7 Å². The molecule has 0 aliphatic heterocycles. The van der Waals surface area contributed by atoms with Crippen LogP contribution in [0.2, 0.25) is 0 Å². The summed E-state index contributed by atoms with van der Waals surface area (Å²) < 4.78 is 0. The Hall–Kier alpha value is -2.69. The first-order valence-electron chi connectivity index (χ1n) is 6.85. The lowest BCUT2D eigenvalue weighted by Crippen LogP contribution is -2.28. The van der Waals surface area contributed by atoms with Gasteiger partial charge in [0.15, 0.2) is 0 Å². The monoisotopic (exact) mass is 280 g/mol. The third-order valence-electron chi connectivity index (χ3n) is 3.45. The van der Waals surface area contributed by atoms with Gasteiger partial charge in [-0.1, -0.05) is 42.5 Å². The molecule has 1 amide bonds. The van der Waals surface area contributed by atoms with Crippen molar-refractivity contribution in [2.75, 3.05) is 0 Å². The van der Waals surface area contributed by atoms with Crippen LogP contribution in [0.4, 0.5) is 0 Å². The van der Waals surface area contributed by atoms with Crippen LogP contribution in [0, 0.1) is 0 Å². The molecule has 3 rings (SSSR count). The molecule has 0 aliphatic carbocycles. The fourth-order valence-corrected chi connectivity index (χ4v) is 2.40. The van der Waals surface area contributed by atoms with Gasteiger partial charge in [-0.25, -0.2) is 4.98 Å². The smallest absolute Gasteiger partial charge is 0.225 e. The van der Waals surface area contributed by atoms with E-state index in [-0.39, 0.29) is 11.9 Å². The molecule has 5 heteroatoms. The molecule has 1 unspecified atom stereocenters. The Balaban J connectivity index is 1.75. The molecule has 0 aliphatic rings. The number of H-pyrrole nitrogens is 1. The molecular weight excluding hydrogens is 264 g/mol. The van der Waals surface area contributed by atoms with Crippen LogP contribution in [0.15, 0.2) is 48.8 Å². The Morgan fingerprint density at radius 1 is 1.24 bits per heavy atom. The number of nitrogens with one attached hydrogen (secondary N) is 2. The van der Waals surface area contributed by atoms with Crippen molar-refractivity contribution in [3.8, 4) is 0 Å². The Morgan fingerprint density at radius 3 is 2.86 bits per heavy atom. The summed E-state index contributed by atoms with van der Waals surface area (Å²) in [5, 5.41) is 11.7. The van der Waals surface area contributed by atoms with E-state index < -0.39 is 0 Å². The summed E-state index contributed by atoms with van der Waals surface area (Å²) in [5.74, 6) is 0.622. The zero-order valence-corrected chi connectivity index (χ0v) is 11.7. The second kappa shape index (κ2) is 5.75. The first kappa shape index (κ1) is 13.3. The van der Waals surface area contributed by atoms with Gasteiger partial charge >= 0.3 is 0 Å². The van der Waals surface area contributed by atoms with Gasteiger partial charge in [0.2, 0.25) is 5.91 Å². The minimum absolute atomic E-state index is 0.0322. The number of nitrogens with zero attached hydrogens (tertiary/aromatic N) is 2. The summed E-state index contributed by atoms with van der Waals surface area (Å²) in [6.45, 7) is 1.88. The normalized spacial score (nSPS) is 12.2. The van der Waals surface area contributed by atoms with Gasteiger partial charge in [-0.2, -0.15) is 5.10 Å². The zero-order valence-electron chi connectivity index (χ0n) is 11.7. The first-order valence-corrected chi connectivity index (χ1v) is 6.85. The topological polar surface area (TPSA) is 70.7 Å². The van der Waals surface area contributed by atoms with Gasteiger partial charge in [0.05, 0.1) is 12.5 Å². The van der Waals surface area contributed by atoms with Crippen molar-refractivity contribution in [2.24, 2.45) is 0 Å². The van der Waals surface area contributed by atoms with Crippen LogP contribution in [-0.2, 0) is 11.2 Å². The summed E-state index contributed by atoms with van der Waals surface area (Å²) in [6.07, 6.45) is 1.78. The third-order valence-corrected chi connectivity index (χ3v) is 3.45.